The number of benzene rings is 3. The van der Waals surface area contributed by atoms with Gasteiger partial charge in [-0.05, 0) is 47.7 Å². The van der Waals surface area contributed by atoms with Crippen LogP contribution in [-0.2, 0) is 33.9 Å². The van der Waals surface area contributed by atoms with Crippen LogP contribution in [0.3, 0.4) is 0 Å². The van der Waals surface area contributed by atoms with Crippen LogP contribution >= 0.6 is 0 Å². The van der Waals surface area contributed by atoms with Gasteiger partial charge in [-0.15, -0.1) is 0 Å². The number of fused-ring (bicyclic) bond motifs is 1. The van der Waals surface area contributed by atoms with Crippen LogP contribution in [0.25, 0.3) is 0 Å². The van der Waals surface area contributed by atoms with Crippen LogP contribution in [0, 0.1) is 5.82 Å². The summed E-state index contributed by atoms with van der Waals surface area (Å²) in [5.74, 6) is -1.01. The number of hydrogen-bond acceptors (Lipinski definition) is 5. The second kappa shape index (κ2) is 11.9. The van der Waals surface area contributed by atoms with E-state index in [4.69, 9.17) is 14.2 Å². The molecule has 3 aromatic rings. The quantitative estimate of drug-likeness (QED) is 0.394. The number of carboxylic acids is 1. The molecule has 0 aromatic heterocycles. The van der Waals surface area contributed by atoms with Gasteiger partial charge in [0.2, 0.25) is 0 Å². The summed E-state index contributed by atoms with van der Waals surface area (Å²) in [5.41, 5.74) is 2.95. The molecule has 1 amide bonds. The molecule has 2 atom stereocenters. The Balaban J connectivity index is 1.46. The first-order valence-electron chi connectivity index (χ1n) is 13.2. The lowest BCUT2D eigenvalue weighted by Crippen LogP contribution is -2.50. The number of aliphatic carboxylic acids is 1. The number of nitrogens with zero attached hydrogens (tertiary/aromatic N) is 1. The maximum absolute atomic E-state index is 14.0. The van der Waals surface area contributed by atoms with Gasteiger partial charge in [0.15, 0.2) is 17.6 Å². The predicted molar refractivity (Wildman–Crippen MR) is 142 cm³/mol. The molecule has 5 rings (SSSR count). The van der Waals surface area contributed by atoms with Crippen LogP contribution in [0.5, 0.6) is 11.5 Å². The second-order valence-corrected chi connectivity index (χ2v) is 10.0. The number of rotatable bonds is 9. The molecule has 0 spiro atoms. The molecule has 0 radical (unpaired) electrons. The SMILES string of the molecule is COc1ccc2c(c1OCc1ccccc1)C[C@@H](C(=O)O)N(C(=O)C(OC1CCCC1)c1ccc(F)cc1)C2. The van der Waals surface area contributed by atoms with E-state index in [-0.39, 0.29) is 25.7 Å². The zero-order valence-corrected chi connectivity index (χ0v) is 21.8. The van der Waals surface area contributed by atoms with Crippen molar-refractivity contribution in [1.29, 1.82) is 0 Å². The average Bonchev–Trinajstić information content (AvgIpc) is 3.48. The Morgan fingerprint density at radius 3 is 2.41 bits per heavy atom. The molecule has 2 aliphatic rings. The van der Waals surface area contributed by atoms with E-state index < -0.39 is 29.8 Å². The van der Waals surface area contributed by atoms with Gasteiger partial charge in [0, 0.05) is 18.5 Å². The van der Waals surface area contributed by atoms with Crippen LogP contribution in [0.2, 0.25) is 0 Å². The first kappa shape index (κ1) is 26.7. The first-order valence-corrected chi connectivity index (χ1v) is 13.2. The van der Waals surface area contributed by atoms with Gasteiger partial charge < -0.3 is 24.2 Å². The first-order chi connectivity index (χ1) is 18.9. The number of halogens is 1. The lowest BCUT2D eigenvalue weighted by molar-refractivity contribution is -0.160. The number of ether oxygens (including phenoxy) is 3. The Kier molecular flexibility index (Phi) is 8.12. The fraction of sp³-hybridized carbons (Fsp3) is 0.355. The lowest BCUT2D eigenvalue weighted by Gasteiger charge is -2.37. The largest absolute Gasteiger partial charge is 0.493 e. The molecule has 7 nitrogen and oxygen atoms in total. The van der Waals surface area contributed by atoms with Crippen molar-refractivity contribution in [3.63, 3.8) is 0 Å². The highest BCUT2D eigenvalue weighted by molar-refractivity contribution is 5.88. The van der Waals surface area contributed by atoms with Gasteiger partial charge in [-0.25, -0.2) is 9.18 Å². The van der Waals surface area contributed by atoms with Crippen molar-refractivity contribution in [1.82, 2.24) is 4.90 Å². The van der Waals surface area contributed by atoms with Gasteiger partial charge in [0.25, 0.3) is 5.91 Å². The number of hydrogen-bond donors (Lipinski definition) is 1. The molecule has 39 heavy (non-hydrogen) atoms. The molecule has 1 fully saturated rings. The van der Waals surface area contributed by atoms with Crippen molar-refractivity contribution in [3.05, 3.63) is 94.8 Å². The van der Waals surface area contributed by atoms with Gasteiger partial charge >= 0.3 is 5.97 Å². The summed E-state index contributed by atoms with van der Waals surface area (Å²) in [5, 5.41) is 10.2. The Labute approximate surface area is 227 Å². The molecular weight excluding hydrogens is 501 g/mol. The van der Waals surface area contributed by atoms with E-state index in [0.29, 0.717) is 22.6 Å². The van der Waals surface area contributed by atoms with Crippen molar-refractivity contribution in [2.45, 2.75) is 63.5 Å². The van der Waals surface area contributed by atoms with Crippen molar-refractivity contribution in [2.75, 3.05) is 7.11 Å². The normalized spacial score (nSPS) is 17.9. The predicted octanol–water partition coefficient (Wildman–Crippen LogP) is 5.45. The highest BCUT2D eigenvalue weighted by atomic mass is 19.1. The summed E-state index contributed by atoms with van der Waals surface area (Å²) >= 11 is 0. The number of carbonyl (C=O) groups excluding carboxylic acids is 1. The summed E-state index contributed by atoms with van der Waals surface area (Å²) < 4.78 is 31.7. The average molecular weight is 534 g/mol. The molecule has 1 aliphatic carbocycles. The van der Waals surface area contributed by atoms with Crippen molar-refractivity contribution in [3.8, 4) is 11.5 Å². The maximum Gasteiger partial charge on any atom is 0.326 e. The zero-order valence-electron chi connectivity index (χ0n) is 21.8. The molecule has 3 aromatic carbocycles. The van der Waals surface area contributed by atoms with Gasteiger partial charge in [-0.2, -0.15) is 0 Å². The minimum absolute atomic E-state index is 0.0529. The molecule has 204 valence electrons. The highest BCUT2D eigenvalue weighted by Gasteiger charge is 2.41. The van der Waals surface area contributed by atoms with Gasteiger partial charge in [-0.3, -0.25) is 4.79 Å². The number of carboxylic acid groups (broad SMARTS) is 1. The number of amides is 1. The van der Waals surface area contributed by atoms with Gasteiger partial charge in [-0.1, -0.05) is 61.4 Å². The van der Waals surface area contributed by atoms with Crippen LogP contribution in [0.15, 0.2) is 66.7 Å². The van der Waals surface area contributed by atoms with E-state index >= 15 is 0 Å². The monoisotopic (exact) mass is 533 g/mol. The molecule has 1 saturated carbocycles. The van der Waals surface area contributed by atoms with Crippen LogP contribution in [-0.4, -0.2) is 41.1 Å². The van der Waals surface area contributed by atoms with E-state index in [9.17, 15) is 19.1 Å². The summed E-state index contributed by atoms with van der Waals surface area (Å²) in [6.45, 7) is 0.360. The topological polar surface area (TPSA) is 85.3 Å². The van der Waals surface area contributed by atoms with E-state index in [2.05, 4.69) is 0 Å². The number of carbonyl (C=O) groups is 2. The summed E-state index contributed by atoms with van der Waals surface area (Å²) in [4.78, 5) is 27.9. The van der Waals surface area contributed by atoms with Crippen molar-refractivity contribution in [2.24, 2.45) is 0 Å². The fourth-order valence-corrected chi connectivity index (χ4v) is 5.40. The zero-order chi connectivity index (χ0) is 27.4. The minimum atomic E-state index is -1.13. The summed E-state index contributed by atoms with van der Waals surface area (Å²) in [7, 11) is 1.54. The molecule has 1 unspecified atom stereocenters. The molecule has 0 saturated heterocycles. The minimum Gasteiger partial charge on any atom is -0.493 e. The third-order valence-corrected chi connectivity index (χ3v) is 7.48. The maximum atomic E-state index is 14.0. The van der Waals surface area contributed by atoms with E-state index in [1.54, 1.807) is 6.07 Å². The number of methoxy groups -OCH3 is 1. The van der Waals surface area contributed by atoms with Crippen LogP contribution in [0.1, 0.15) is 54.0 Å². The van der Waals surface area contributed by atoms with E-state index in [1.807, 2.05) is 36.4 Å². The van der Waals surface area contributed by atoms with Crippen molar-refractivity contribution < 1.29 is 33.3 Å². The van der Waals surface area contributed by atoms with E-state index in [0.717, 1.165) is 36.8 Å². The second-order valence-electron chi connectivity index (χ2n) is 10.0. The van der Waals surface area contributed by atoms with Crippen molar-refractivity contribution >= 4 is 11.9 Å². The third kappa shape index (κ3) is 5.91. The molecule has 8 heteroatoms. The Morgan fingerprint density at radius 2 is 1.74 bits per heavy atom. The standard InChI is InChI=1S/C31H32FNO6/c1-37-27-16-13-22-18-33(26(31(35)36)17-25(22)29(27)38-19-20-7-3-2-4-8-20)30(34)28(39-24-9-5-6-10-24)21-11-14-23(32)15-12-21/h2-4,7-8,11-16,24,26,28H,5-6,9-10,17-19H2,1H3,(H,35,36)/t26-,28?/m0/s1. The third-order valence-electron chi connectivity index (χ3n) is 7.48. The van der Waals surface area contributed by atoms with Crippen LogP contribution < -0.4 is 9.47 Å². The Bertz CT molecular complexity index is 1310. The molecule has 1 aliphatic heterocycles. The van der Waals surface area contributed by atoms with Crippen LogP contribution in [0.4, 0.5) is 4.39 Å². The van der Waals surface area contributed by atoms with Gasteiger partial charge in [0.05, 0.1) is 13.2 Å². The summed E-state index contributed by atoms with van der Waals surface area (Å²) in [6, 6.07) is 17.8. The molecule has 1 heterocycles. The highest BCUT2D eigenvalue weighted by Crippen LogP contribution is 2.40. The Hall–Kier alpha value is -3.91. The smallest absolute Gasteiger partial charge is 0.326 e. The fourth-order valence-electron chi connectivity index (χ4n) is 5.40. The lowest BCUT2D eigenvalue weighted by atomic mass is 9.91. The molecule has 0 bridgehead atoms. The van der Waals surface area contributed by atoms with E-state index in [1.165, 1.54) is 36.3 Å². The molecular formula is C31H32FNO6. The summed E-state index contributed by atoms with van der Waals surface area (Å²) in [6.07, 6.45) is 2.61. The Morgan fingerprint density at radius 1 is 1.03 bits per heavy atom. The van der Waals surface area contributed by atoms with Gasteiger partial charge in [0.1, 0.15) is 18.5 Å². The molecule has 1 N–H and O–H groups in total.